The maximum atomic E-state index is 11.8. The van der Waals surface area contributed by atoms with Crippen molar-refractivity contribution in [2.24, 2.45) is 0 Å². The predicted molar refractivity (Wildman–Crippen MR) is 33.4 cm³/mol. The van der Waals surface area contributed by atoms with Crippen molar-refractivity contribution < 1.29 is 4.39 Å². The zero-order valence-electron chi connectivity index (χ0n) is 4.52. The van der Waals surface area contributed by atoms with Crippen molar-refractivity contribution in [1.82, 2.24) is 0 Å². The Hall–Kier alpha value is 0.280. The minimum Gasteiger partial charge on any atom is -0.236 e. The van der Waals surface area contributed by atoms with Crippen molar-refractivity contribution in [1.29, 1.82) is 0 Å². The van der Waals surface area contributed by atoms with Crippen molar-refractivity contribution in [2.75, 3.05) is 0 Å². The maximum absolute atomic E-state index is 11.8. The standard InChI is InChI=1S/C5H11FS/c1-2-3-4-5(6)7/h5,7H,2-4H2,1H3. The average molecular weight is 122 g/mol. The van der Waals surface area contributed by atoms with Crippen LogP contribution in [0.15, 0.2) is 0 Å². The highest BCUT2D eigenvalue weighted by Crippen LogP contribution is 2.06. The third kappa shape index (κ3) is 6.28. The monoisotopic (exact) mass is 122 g/mol. The third-order valence-electron chi connectivity index (χ3n) is 0.796. The molecule has 2 heteroatoms. The number of hydrogen-bond acceptors (Lipinski definition) is 1. The number of alkyl halides is 1. The van der Waals surface area contributed by atoms with Crippen LogP contribution in [0.25, 0.3) is 0 Å². The quantitative estimate of drug-likeness (QED) is 0.546. The molecule has 0 aliphatic carbocycles. The summed E-state index contributed by atoms with van der Waals surface area (Å²) in [6, 6.07) is 0. The highest BCUT2D eigenvalue weighted by atomic mass is 32.1. The summed E-state index contributed by atoms with van der Waals surface area (Å²) >= 11 is 3.57. The zero-order valence-corrected chi connectivity index (χ0v) is 5.42. The first-order valence-electron chi connectivity index (χ1n) is 2.59. The summed E-state index contributed by atoms with van der Waals surface area (Å²) in [6.07, 6.45) is 2.60. The van der Waals surface area contributed by atoms with Crippen LogP contribution in [0.2, 0.25) is 0 Å². The molecule has 0 bridgehead atoms. The van der Waals surface area contributed by atoms with Crippen molar-refractivity contribution in [3.05, 3.63) is 0 Å². The second-order valence-corrected chi connectivity index (χ2v) is 2.14. The minimum absolute atomic E-state index is 0.597. The summed E-state index contributed by atoms with van der Waals surface area (Å²) in [4.78, 5) is 0. The third-order valence-corrected chi connectivity index (χ3v) is 1.05. The summed E-state index contributed by atoms with van der Waals surface area (Å²) in [7, 11) is 0. The lowest BCUT2D eigenvalue weighted by Gasteiger charge is -1.94. The molecule has 0 saturated heterocycles. The van der Waals surface area contributed by atoms with E-state index in [-0.39, 0.29) is 0 Å². The summed E-state index contributed by atoms with van der Waals surface area (Å²) in [5.74, 6) is 0. The van der Waals surface area contributed by atoms with Gasteiger partial charge in [-0.05, 0) is 12.8 Å². The highest BCUT2D eigenvalue weighted by molar-refractivity contribution is 7.80. The van der Waals surface area contributed by atoms with E-state index < -0.39 is 5.50 Å². The molecule has 0 N–H and O–H groups in total. The van der Waals surface area contributed by atoms with Crippen molar-refractivity contribution in [3.8, 4) is 0 Å². The first-order chi connectivity index (χ1) is 3.27. The van der Waals surface area contributed by atoms with Crippen LogP contribution in [-0.2, 0) is 0 Å². The molecule has 0 rings (SSSR count). The maximum Gasteiger partial charge on any atom is 0.143 e. The molecule has 0 aromatic carbocycles. The summed E-state index contributed by atoms with van der Waals surface area (Å²) in [6.45, 7) is 2.04. The normalized spacial score (nSPS) is 14.1. The topological polar surface area (TPSA) is 0 Å². The second kappa shape index (κ2) is 4.44. The molecule has 1 unspecified atom stereocenters. The van der Waals surface area contributed by atoms with E-state index in [4.69, 9.17) is 0 Å². The molecule has 1 atom stereocenters. The Balaban J connectivity index is 2.68. The molecule has 0 saturated carbocycles. The van der Waals surface area contributed by atoms with Crippen LogP contribution < -0.4 is 0 Å². The van der Waals surface area contributed by atoms with Gasteiger partial charge in [0, 0.05) is 0 Å². The van der Waals surface area contributed by atoms with Crippen molar-refractivity contribution in [2.45, 2.75) is 31.7 Å². The Labute approximate surface area is 49.5 Å². The SMILES string of the molecule is CCCCC(F)S. The molecule has 0 heterocycles. The Morgan fingerprint density at radius 3 is 2.43 bits per heavy atom. The molecule has 0 amide bonds. The van der Waals surface area contributed by atoms with Gasteiger partial charge in [-0.2, -0.15) is 0 Å². The van der Waals surface area contributed by atoms with Gasteiger partial charge in [-0.3, -0.25) is 0 Å². The first kappa shape index (κ1) is 7.28. The number of hydrogen-bond donors (Lipinski definition) is 1. The van der Waals surface area contributed by atoms with Gasteiger partial charge in [0.1, 0.15) is 5.50 Å². The van der Waals surface area contributed by atoms with E-state index in [1.807, 2.05) is 6.92 Å². The lowest BCUT2D eigenvalue weighted by Crippen LogP contribution is -1.85. The molecule has 0 aliphatic heterocycles. The van der Waals surface area contributed by atoms with Crippen LogP contribution in [0.3, 0.4) is 0 Å². The van der Waals surface area contributed by atoms with Crippen LogP contribution in [-0.4, -0.2) is 5.50 Å². The fraction of sp³-hybridized carbons (Fsp3) is 1.00. The Morgan fingerprint density at radius 1 is 1.71 bits per heavy atom. The lowest BCUT2D eigenvalue weighted by molar-refractivity contribution is 0.421. The van der Waals surface area contributed by atoms with Crippen molar-refractivity contribution in [3.63, 3.8) is 0 Å². The number of unbranched alkanes of at least 4 members (excludes halogenated alkanes) is 1. The Morgan fingerprint density at radius 2 is 2.29 bits per heavy atom. The number of rotatable bonds is 3. The van der Waals surface area contributed by atoms with E-state index in [9.17, 15) is 4.39 Å². The molecule has 0 nitrogen and oxygen atoms in total. The molecule has 0 spiro atoms. The zero-order chi connectivity index (χ0) is 5.70. The van der Waals surface area contributed by atoms with Crippen LogP contribution >= 0.6 is 12.6 Å². The molecular weight excluding hydrogens is 111 g/mol. The molecular formula is C5H11FS. The molecule has 0 aromatic rings. The highest BCUT2D eigenvalue weighted by Gasteiger charge is 1.94. The van der Waals surface area contributed by atoms with Crippen LogP contribution in [0.4, 0.5) is 4.39 Å². The number of thiol groups is 1. The molecule has 7 heavy (non-hydrogen) atoms. The predicted octanol–water partition coefficient (Wildman–Crippen LogP) is 2.40. The molecule has 44 valence electrons. The van der Waals surface area contributed by atoms with E-state index in [1.165, 1.54) is 0 Å². The minimum atomic E-state index is -0.903. The second-order valence-electron chi connectivity index (χ2n) is 1.58. The van der Waals surface area contributed by atoms with Gasteiger partial charge in [-0.15, -0.1) is 12.6 Å². The molecule has 0 aromatic heterocycles. The van der Waals surface area contributed by atoms with Crippen molar-refractivity contribution >= 4 is 12.6 Å². The average Bonchev–Trinajstić information content (AvgIpc) is 1.61. The van der Waals surface area contributed by atoms with Gasteiger partial charge in [-0.25, -0.2) is 4.39 Å². The fourth-order valence-corrected chi connectivity index (χ4v) is 0.555. The first-order valence-corrected chi connectivity index (χ1v) is 3.11. The molecule has 0 fully saturated rings. The van der Waals surface area contributed by atoms with Gasteiger partial charge in [0.2, 0.25) is 0 Å². The van der Waals surface area contributed by atoms with E-state index in [2.05, 4.69) is 12.6 Å². The smallest absolute Gasteiger partial charge is 0.143 e. The van der Waals surface area contributed by atoms with Gasteiger partial charge >= 0.3 is 0 Å². The summed E-state index contributed by atoms with van der Waals surface area (Å²) in [5, 5.41) is 0. The van der Waals surface area contributed by atoms with E-state index in [0.29, 0.717) is 6.42 Å². The Kier molecular flexibility index (Phi) is 4.62. The summed E-state index contributed by atoms with van der Waals surface area (Å²) < 4.78 is 11.8. The van der Waals surface area contributed by atoms with Gasteiger partial charge in [0.15, 0.2) is 0 Å². The van der Waals surface area contributed by atoms with Gasteiger partial charge < -0.3 is 0 Å². The molecule has 0 radical (unpaired) electrons. The van der Waals surface area contributed by atoms with Crippen LogP contribution in [0, 0.1) is 0 Å². The molecule has 0 aliphatic rings. The summed E-state index contributed by atoms with van der Waals surface area (Å²) in [5.41, 5.74) is -0.903. The van der Waals surface area contributed by atoms with E-state index >= 15 is 0 Å². The van der Waals surface area contributed by atoms with Gasteiger partial charge in [-0.1, -0.05) is 13.3 Å². The van der Waals surface area contributed by atoms with Crippen LogP contribution in [0.1, 0.15) is 26.2 Å². The Bertz CT molecular complexity index is 37.1. The largest absolute Gasteiger partial charge is 0.236 e. The van der Waals surface area contributed by atoms with E-state index in [0.717, 1.165) is 12.8 Å². The van der Waals surface area contributed by atoms with E-state index in [1.54, 1.807) is 0 Å². The van der Waals surface area contributed by atoms with Crippen LogP contribution in [0.5, 0.6) is 0 Å². The van der Waals surface area contributed by atoms with Gasteiger partial charge in [0.05, 0.1) is 0 Å². The lowest BCUT2D eigenvalue weighted by atomic mass is 10.3. The fourth-order valence-electron chi connectivity index (χ4n) is 0.373. The van der Waals surface area contributed by atoms with Gasteiger partial charge in [0.25, 0.3) is 0 Å². The number of halogens is 1.